The summed E-state index contributed by atoms with van der Waals surface area (Å²) in [7, 11) is 0. The third-order valence-corrected chi connectivity index (χ3v) is 5.47. The molecule has 2 N–H and O–H groups in total. The molecule has 3 heterocycles. The molecule has 142 valence electrons. The molecular weight excluding hydrogens is 376 g/mol. The van der Waals surface area contributed by atoms with Crippen molar-refractivity contribution >= 4 is 34.9 Å². The summed E-state index contributed by atoms with van der Waals surface area (Å²) in [4.78, 5) is 31.1. The van der Waals surface area contributed by atoms with Crippen molar-refractivity contribution in [1.29, 1.82) is 0 Å². The number of amides is 3. The topological polar surface area (TPSA) is 123 Å². The standard InChI is InChI=1S/C13H21ClN4O6S/c14-4-8-3-9(15-5-8)7-23-16-12(19)11-2-1-10-6-17(11)13(20)18(10)24-25(21)22/h8-11,15H,1-7H2,(H,16,19)(H,21,22)/p-1/t8-,9-,10?,11?/m1/s1. The molecule has 0 aliphatic carbocycles. The summed E-state index contributed by atoms with van der Waals surface area (Å²) in [6.45, 7) is 1.39. The molecule has 0 spiro atoms. The Morgan fingerprint density at radius 2 is 2.28 bits per heavy atom. The molecule has 10 nitrogen and oxygen atoms in total. The number of nitrogens with zero attached hydrogens (tertiary/aromatic N) is 2. The van der Waals surface area contributed by atoms with Gasteiger partial charge in [0.25, 0.3) is 5.91 Å². The summed E-state index contributed by atoms with van der Waals surface area (Å²) in [5.41, 5.74) is 2.38. The van der Waals surface area contributed by atoms with Gasteiger partial charge in [0.15, 0.2) is 0 Å². The molecule has 2 bridgehead atoms. The predicted octanol–water partition coefficient (Wildman–Crippen LogP) is -0.755. The zero-order valence-electron chi connectivity index (χ0n) is 13.4. The Kier molecular flexibility index (Phi) is 6.12. The summed E-state index contributed by atoms with van der Waals surface area (Å²) in [6, 6.07) is -1.58. The number of hydrogen-bond acceptors (Lipinski definition) is 7. The lowest BCUT2D eigenvalue weighted by atomic mass is 10.0. The SMILES string of the molecule is O=C(NOC[C@H]1C[C@H](CCl)CN1)C1CCC2CN1C(=O)N2OS(=O)[O-]. The largest absolute Gasteiger partial charge is 0.748 e. The van der Waals surface area contributed by atoms with Crippen LogP contribution in [0.1, 0.15) is 19.3 Å². The van der Waals surface area contributed by atoms with Crippen molar-refractivity contribution in [2.75, 3.05) is 25.6 Å². The summed E-state index contributed by atoms with van der Waals surface area (Å²) in [5, 5.41) is 4.07. The molecule has 25 heavy (non-hydrogen) atoms. The van der Waals surface area contributed by atoms with Gasteiger partial charge >= 0.3 is 6.03 Å². The van der Waals surface area contributed by atoms with E-state index in [0.717, 1.165) is 18.0 Å². The van der Waals surface area contributed by atoms with Crippen LogP contribution < -0.4 is 10.8 Å². The summed E-state index contributed by atoms with van der Waals surface area (Å²) >= 11 is 2.98. The molecule has 5 atom stereocenters. The Morgan fingerprint density at radius 3 is 2.96 bits per heavy atom. The third-order valence-electron chi connectivity index (χ3n) is 4.76. The Morgan fingerprint density at radius 1 is 1.48 bits per heavy atom. The van der Waals surface area contributed by atoms with Crippen LogP contribution in [0, 0.1) is 5.92 Å². The third kappa shape index (κ3) is 4.23. The first-order chi connectivity index (χ1) is 12.0. The van der Waals surface area contributed by atoms with Crippen molar-refractivity contribution in [1.82, 2.24) is 20.8 Å². The van der Waals surface area contributed by atoms with E-state index in [4.69, 9.17) is 16.4 Å². The monoisotopic (exact) mass is 395 g/mol. The zero-order valence-corrected chi connectivity index (χ0v) is 15.0. The van der Waals surface area contributed by atoms with Crippen LogP contribution in [0.3, 0.4) is 0 Å². The van der Waals surface area contributed by atoms with E-state index in [1.54, 1.807) is 0 Å². The van der Waals surface area contributed by atoms with E-state index >= 15 is 0 Å². The van der Waals surface area contributed by atoms with Crippen LogP contribution in [0.25, 0.3) is 0 Å². The minimum absolute atomic E-state index is 0.129. The Balaban J connectivity index is 1.47. The van der Waals surface area contributed by atoms with Crippen molar-refractivity contribution in [3.63, 3.8) is 0 Å². The number of hydrogen-bond donors (Lipinski definition) is 2. The number of fused-ring (bicyclic) bond motifs is 2. The summed E-state index contributed by atoms with van der Waals surface area (Å²) in [5.74, 6) is 0.563. The molecule has 0 aromatic carbocycles. The fourth-order valence-corrected chi connectivity index (χ4v) is 4.05. The van der Waals surface area contributed by atoms with E-state index in [9.17, 15) is 18.4 Å². The lowest BCUT2D eigenvalue weighted by Crippen LogP contribution is -2.50. The van der Waals surface area contributed by atoms with E-state index in [0.29, 0.717) is 31.2 Å². The van der Waals surface area contributed by atoms with Gasteiger partial charge in [-0.3, -0.25) is 9.63 Å². The molecule has 0 aromatic heterocycles. The molecule has 3 aliphatic rings. The average Bonchev–Trinajstić information content (AvgIpc) is 3.14. The lowest BCUT2D eigenvalue weighted by molar-refractivity contribution is -0.139. The van der Waals surface area contributed by atoms with Gasteiger partial charge in [0.1, 0.15) is 17.4 Å². The number of nitrogens with one attached hydrogen (secondary N) is 2. The van der Waals surface area contributed by atoms with Crippen LogP contribution in [0.5, 0.6) is 0 Å². The van der Waals surface area contributed by atoms with Gasteiger partial charge in [-0.2, -0.15) is 9.35 Å². The second kappa shape index (κ2) is 8.14. The van der Waals surface area contributed by atoms with Crippen LogP contribution in [-0.2, 0) is 25.3 Å². The van der Waals surface area contributed by atoms with Gasteiger partial charge in [0.05, 0.1) is 12.6 Å². The molecule has 3 unspecified atom stereocenters. The van der Waals surface area contributed by atoms with Crippen LogP contribution in [-0.4, -0.2) is 74.4 Å². The first-order valence-electron chi connectivity index (χ1n) is 8.08. The minimum atomic E-state index is -2.83. The Labute approximate surface area is 152 Å². The van der Waals surface area contributed by atoms with Gasteiger partial charge in [-0.1, -0.05) is 0 Å². The minimum Gasteiger partial charge on any atom is -0.748 e. The Hall–Kier alpha value is -0.980. The van der Waals surface area contributed by atoms with Crippen LogP contribution in [0.2, 0.25) is 0 Å². The fraction of sp³-hybridized carbons (Fsp3) is 0.846. The maximum absolute atomic E-state index is 12.3. The van der Waals surface area contributed by atoms with Crippen LogP contribution in [0.15, 0.2) is 0 Å². The van der Waals surface area contributed by atoms with Gasteiger partial charge in [-0.05, 0) is 31.7 Å². The number of alkyl halides is 1. The van der Waals surface area contributed by atoms with Gasteiger partial charge in [0, 0.05) is 18.5 Å². The molecular formula is C13H20ClN4O6S-. The van der Waals surface area contributed by atoms with Gasteiger partial charge in [0.2, 0.25) is 0 Å². The molecule has 3 rings (SSSR count). The number of carbonyl (C=O) groups is 2. The second-order valence-electron chi connectivity index (χ2n) is 6.42. The highest BCUT2D eigenvalue weighted by Crippen LogP contribution is 2.30. The number of rotatable bonds is 7. The van der Waals surface area contributed by atoms with Crippen molar-refractivity contribution in [3.05, 3.63) is 0 Å². The molecule has 3 amide bonds. The first-order valence-corrected chi connectivity index (χ1v) is 9.61. The van der Waals surface area contributed by atoms with Crippen LogP contribution in [0.4, 0.5) is 4.79 Å². The van der Waals surface area contributed by atoms with Crippen molar-refractivity contribution in [2.24, 2.45) is 5.92 Å². The average molecular weight is 396 g/mol. The first kappa shape index (κ1) is 18.8. The molecule has 0 radical (unpaired) electrons. The number of hydroxylamine groups is 3. The number of urea groups is 1. The van der Waals surface area contributed by atoms with Crippen molar-refractivity contribution < 1.29 is 27.5 Å². The molecule has 3 fully saturated rings. The van der Waals surface area contributed by atoms with Crippen LogP contribution >= 0.6 is 11.6 Å². The highest BCUT2D eigenvalue weighted by Gasteiger charge is 2.48. The smallest absolute Gasteiger partial charge is 0.346 e. The number of piperidine rings is 1. The maximum atomic E-state index is 12.3. The van der Waals surface area contributed by atoms with Gasteiger partial charge < -0.3 is 14.8 Å². The normalized spacial score (nSPS) is 33.0. The highest BCUT2D eigenvalue weighted by molar-refractivity contribution is 7.74. The van der Waals surface area contributed by atoms with E-state index in [-0.39, 0.29) is 18.6 Å². The fourth-order valence-electron chi connectivity index (χ4n) is 3.50. The number of carbonyl (C=O) groups excluding carboxylic acids is 2. The van der Waals surface area contributed by atoms with Gasteiger partial charge in [-0.25, -0.2) is 14.5 Å². The van der Waals surface area contributed by atoms with E-state index in [1.165, 1.54) is 4.90 Å². The predicted molar refractivity (Wildman–Crippen MR) is 85.5 cm³/mol. The highest BCUT2D eigenvalue weighted by atomic mass is 35.5. The molecule has 12 heteroatoms. The Bertz CT molecular complexity index is 555. The summed E-state index contributed by atoms with van der Waals surface area (Å²) < 4.78 is 25.8. The quantitative estimate of drug-likeness (QED) is 0.330. The maximum Gasteiger partial charge on any atom is 0.346 e. The molecule has 3 saturated heterocycles. The summed E-state index contributed by atoms with van der Waals surface area (Å²) in [6.07, 6.45) is 1.76. The van der Waals surface area contributed by atoms with E-state index in [1.807, 2.05) is 0 Å². The van der Waals surface area contributed by atoms with Gasteiger partial charge in [-0.15, -0.1) is 11.6 Å². The lowest BCUT2D eigenvalue weighted by Gasteiger charge is -2.29. The molecule has 0 aromatic rings. The van der Waals surface area contributed by atoms with Crippen molar-refractivity contribution in [2.45, 2.75) is 37.4 Å². The molecule has 3 aliphatic heterocycles. The number of halogens is 1. The van der Waals surface area contributed by atoms with E-state index < -0.39 is 29.3 Å². The second-order valence-corrected chi connectivity index (χ2v) is 7.29. The zero-order chi connectivity index (χ0) is 18.0. The molecule has 0 saturated carbocycles. The van der Waals surface area contributed by atoms with Crippen molar-refractivity contribution in [3.8, 4) is 0 Å². The van der Waals surface area contributed by atoms with E-state index in [2.05, 4.69) is 15.1 Å².